The highest BCUT2D eigenvalue weighted by Gasteiger charge is 2.23. The van der Waals surface area contributed by atoms with Gasteiger partial charge in [-0.05, 0) is 18.2 Å². The van der Waals surface area contributed by atoms with Crippen LogP contribution in [0, 0.1) is 0 Å². The summed E-state index contributed by atoms with van der Waals surface area (Å²) < 4.78 is 28.0. The minimum atomic E-state index is -3.64. The van der Waals surface area contributed by atoms with Gasteiger partial charge in [-0.3, -0.25) is 0 Å². The molecule has 0 unspecified atom stereocenters. The number of hydrogen-bond donors (Lipinski definition) is 1. The number of aromatic nitrogens is 4. The number of hydrogen-bond acceptors (Lipinski definition) is 5. The van der Waals surface area contributed by atoms with Crippen molar-refractivity contribution in [3.63, 3.8) is 0 Å². The number of sulfone groups is 1. The molecule has 0 saturated heterocycles. The van der Waals surface area contributed by atoms with Gasteiger partial charge in [-0.2, -0.15) is 5.10 Å². The number of aliphatic hydroxyl groups is 1. The molecule has 0 atom stereocenters. The van der Waals surface area contributed by atoms with Crippen LogP contribution in [0.4, 0.5) is 0 Å². The van der Waals surface area contributed by atoms with Crippen LogP contribution in [0.1, 0.15) is 11.4 Å². The number of aliphatic hydroxyl groups excluding tert-OH is 1. The van der Waals surface area contributed by atoms with Crippen LogP contribution >= 0.6 is 0 Å². The van der Waals surface area contributed by atoms with E-state index in [2.05, 4.69) is 10.1 Å². The van der Waals surface area contributed by atoms with Gasteiger partial charge in [-0.25, -0.2) is 18.1 Å². The third-order valence-electron chi connectivity index (χ3n) is 3.48. The molecule has 1 N–H and O–H groups in total. The molecule has 0 aliphatic rings. The Balaban J connectivity index is 1.87. The maximum atomic E-state index is 12.5. The summed E-state index contributed by atoms with van der Waals surface area (Å²) >= 11 is 0. The van der Waals surface area contributed by atoms with Gasteiger partial charge in [0.2, 0.25) is 15.0 Å². The normalized spacial score (nSPS) is 11.7. The molecule has 0 spiro atoms. The Kier molecular flexibility index (Phi) is 4.01. The summed E-state index contributed by atoms with van der Waals surface area (Å²) in [7, 11) is -2.07. The monoisotopic (exact) mass is 332 g/mol. The van der Waals surface area contributed by atoms with Crippen LogP contribution < -0.4 is 0 Å². The standard InChI is InChI=1S/C15H16N4O3S/c1-18-14(10-20)9-16-15(18)23(21,22)11-12-7-8-19(17-12)13-5-3-2-4-6-13/h2-9,20H,10-11H2,1H3. The molecule has 2 heterocycles. The number of para-hydroxylation sites is 1. The summed E-state index contributed by atoms with van der Waals surface area (Å²) in [5.74, 6) is -0.247. The van der Waals surface area contributed by atoms with E-state index < -0.39 is 9.84 Å². The summed E-state index contributed by atoms with van der Waals surface area (Å²) in [5, 5.41) is 13.4. The van der Waals surface area contributed by atoms with Gasteiger partial charge in [0.1, 0.15) is 5.75 Å². The van der Waals surface area contributed by atoms with E-state index in [1.165, 1.54) is 10.8 Å². The lowest BCUT2D eigenvalue weighted by Crippen LogP contribution is -2.12. The molecule has 0 bridgehead atoms. The van der Waals surface area contributed by atoms with Crippen molar-refractivity contribution >= 4 is 9.84 Å². The van der Waals surface area contributed by atoms with Crippen LogP contribution in [0.2, 0.25) is 0 Å². The zero-order chi connectivity index (χ0) is 16.4. The quantitative estimate of drug-likeness (QED) is 0.755. The molecule has 23 heavy (non-hydrogen) atoms. The molecule has 8 heteroatoms. The van der Waals surface area contributed by atoms with Gasteiger partial charge >= 0.3 is 0 Å². The maximum Gasteiger partial charge on any atom is 0.228 e. The van der Waals surface area contributed by atoms with E-state index in [4.69, 9.17) is 5.11 Å². The molecular formula is C15H16N4O3S. The third-order valence-corrected chi connectivity index (χ3v) is 5.10. The van der Waals surface area contributed by atoms with Crippen LogP contribution in [-0.4, -0.2) is 32.9 Å². The van der Waals surface area contributed by atoms with Crippen molar-refractivity contribution < 1.29 is 13.5 Å². The Labute approximate surface area is 133 Å². The SMILES string of the molecule is Cn1c(CO)cnc1S(=O)(=O)Cc1ccn(-c2ccccc2)n1. The van der Waals surface area contributed by atoms with Crippen molar-refractivity contribution in [2.45, 2.75) is 17.5 Å². The first-order valence-electron chi connectivity index (χ1n) is 6.95. The van der Waals surface area contributed by atoms with Gasteiger partial charge in [0, 0.05) is 13.2 Å². The van der Waals surface area contributed by atoms with Crippen molar-refractivity contribution in [2.75, 3.05) is 0 Å². The number of imidazole rings is 1. The van der Waals surface area contributed by atoms with Crippen molar-refractivity contribution in [1.82, 2.24) is 19.3 Å². The second-order valence-corrected chi connectivity index (χ2v) is 6.98. The van der Waals surface area contributed by atoms with Crippen LogP contribution in [0.15, 0.2) is 53.9 Å². The second-order valence-electron chi connectivity index (χ2n) is 5.10. The fourth-order valence-electron chi connectivity index (χ4n) is 2.28. The highest BCUT2D eigenvalue weighted by molar-refractivity contribution is 7.90. The van der Waals surface area contributed by atoms with Gasteiger partial charge in [0.25, 0.3) is 0 Å². The highest BCUT2D eigenvalue weighted by Crippen LogP contribution is 2.16. The topological polar surface area (TPSA) is 90.0 Å². The molecule has 0 aliphatic heterocycles. The van der Waals surface area contributed by atoms with Crippen LogP contribution in [-0.2, 0) is 29.2 Å². The average Bonchev–Trinajstić information content (AvgIpc) is 3.14. The first-order valence-corrected chi connectivity index (χ1v) is 8.60. The Morgan fingerprint density at radius 2 is 1.91 bits per heavy atom. The van der Waals surface area contributed by atoms with Crippen molar-refractivity contribution in [3.8, 4) is 5.69 Å². The minimum absolute atomic E-state index is 0.0733. The maximum absolute atomic E-state index is 12.5. The summed E-state index contributed by atoms with van der Waals surface area (Å²) in [6.45, 7) is -0.262. The molecule has 3 rings (SSSR count). The Hall–Kier alpha value is -2.45. The molecule has 120 valence electrons. The van der Waals surface area contributed by atoms with Gasteiger partial charge in [-0.15, -0.1) is 0 Å². The molecule has 0 amide bonds. The minimum Gasteiger partial charge on any atom is -0.390 e. The lowest BCUT2D eigenvalue weighted by Gasteiger charge is -2.04. The number of rotatable bonds is 5. The second kappa shape index (κ2) is 5.98. The fourth-order valence-corrected chi connectivity index (χ4v) is 3.70. The van der Waals surface area contributed by atoms with Crippen molar-refractivity contribution in [1.29, 1.82) is 0 Å². The smallest absolute Gasteiger partial charge is 0.228 e. The van der Waals surface area contributed by atoms with E-state index in [0.29, 0.717) is 11.4 Å². The first kappa shape index (κ1) is 15.4. The molecule has 7 nitrogen and oxygen atoms in total. The van der Waals surface area contributed by atoms with E-state index in [1.54, 1.807) is 24.0 Å². The van der Waals surface area contributed by atoms with Gasteiger partial charge in [-0.1, -0.05) is 18.2 Å². The lowest BCUT2D eigenvalue weighted by atomic mass is 10.3. The average molecular weight is 332 g/mol. The zero-order valence-electron chi connectivity index (χ0n) is 12.5. The third kappa shape index (κ3) is 3.03. The molecular weight excluding hydrogens is 316 g/mol. The molecule has 0 saturated carbocycles. The van der Waals surface area contributed by atoms with Gasteiger partial charge < -0.3 is 9.67 Å². The zero-order valence-corrected chi connectivity index (χ0v) is 13.3. The fraction of sp³-hybridized carbons (Fsp3) is 0.200. The van der Waals surface area contributed by atoms with E-state index in [1.807, 2.05) is 30.3 Å². The van der Waals surface area contributed by atoms with Crippen LogP contribution in [0.5, 0.6) is 0 Å². The highest BCUT2D eigenvalue weighted by atomic mass is 32.2. The molecule has 0 fully saturated rings. The lowest BCUT2D eigenvalue weighted by molar-refractivity contribution is 0.271. The predicted molar refractivity (Wildman–Crippen MR) is 83.6 cm³/mol. The summed E-state index contributed by atoms with van der Waals surface area (Å²) in [6.07, 6.45) is 3.08. The molecule has 0 aliphatic carbocycles. The van der Waals surface area contributed by atoms with Gasteiger partial charge in [0.05, 0.1) is 29.9 Å². The van der Waals surface area contributed by atoms with Gasteiger partial charge in [0.15, 0.2) is 0 Å². The molecule has 0 radical (unpaired) electrons. The number of benzene rings is 1. The first-order chi connectivity index (χ1) is 11.0. The summed E-state index contributed by atoms with van der Waals surface area (Å²) in [4.78, 5) is 3.90. The van der Waals surface area contributed by atoms with Crippen LogP contribution in [0.25, 0.3) is 5.69 Å². The Bertz CT molecular complexity index is 913. The van der Waals surface area contributed by atoms with Crippen molar-refractivity contribution in [3.05, 3.63) is 60.2 Å². The predicted octanol–water partition coefficient (Wildman–Crippen LogP) is 1.07. The number of nitrogens with zero attached hydrogens (tertiary/aromatic N) is 4. The summed E-state index contributed by atoms with van der Waals surface area (Å²) in [6, 6.07) is 11.1. The molecule has 3 aromatic rings. The Morgan fingerprint density at radius 1 is 1.17 bits per heavy atom. The van der Waals surface area contributed by atoms with E-state index in [9.17, 15) is 8.42 Å². The Morgan fingerprint density at radius 3 is 2.57 bits per heavy atom. The van der Waals surface area contributed by atoms with Crippen molar-refractivity contribution in [2.24, 2.45) is 7.05 Å². The largest absolute Gasteiger partial charge is 0.390 e. The summed E-state index contributed by atoms with van der Waals surface area (Å²) in [5.41, 5.74) is 1.73. The van der Waals surface area contributed by atoms with E-state index in [-0.39, 0.29) is 17.5 Å². The molecule has 1 aromatic carbocycles. The van der Waals surface area contributed by atoms with Crippen LogP contribution in [0.3, 0.4) is 0 Å². The van der Waals surface area contributed by atoms with E-state index >= 15 is 0 Å². The van der Waals surface area contributed by atoms with E-state index in [0.717, 1.165) is 5.69 Å². The molecule has 2 aromatic heterocycles.